The molecule has 96 valence electrons. The van der Waals surface area contributed by atoms with Gasteiger partial charge in [0.05, 0.1) is 31.4 Å². The smallest absolute Gasteiger partial charge is 0.142 e. The van der Waals surface area contributed by atoms with E-state index in [4.69, 9.17) is 9.47 Å². The fourth-order valence-electron chi connectivity index (χ4n) is 2.15. The van der Waals surface area contributed by atoms with Crippen LogP contribution >= 0.6 is 0 Å². The molecule has 0 aliphatic heterocycles. The molecule has 1 N–H and O–H groups in total. The van der Waals surface area contributed by atoms with E-state index in [1.54, 1.807) is 14.2 Å². The van der Waals surface area contributed by atoms with Crippen molar-refractivity contribution in [1.29, 1.82) is 5.26 Å². The van der Waals surface area contributed by atoms with E-state index in [1.807, 2.05) is 18.2 Å². The SMILES string of the molecule is COc1ccc(OC)c(NCC2(C#N)CCC2)c1. The number of methoxy groups -OCH3 is 2. The molecule has 0 unspecified atom stereocenters. The molecule has 0 radical (unpaired) electrons. The molecular formula is C14H18N2O2. The van der Waals surface area contributed by atoms with E-state index in [-0.39, 0.29) is 5.41 Å². The van der Waals surface area contributed by atoms with E-state index in [1.165, 1.54) is 0 Å². The zero-order valence-corrected chi connectivity index (χ0v) is 10.8. The molecule has 0 saturated heterocycles. The minimum atomic E-state index is -0.200. The monoisotopic (exact) mass is 246 g/mol. The van der Waals surface area contributed by atoms with Crippen LogP contribution in [0.25, 0.3) is 0 Å². The maximum Gasteiger partial charge on any atom is 0.142 e. The lowest BCUT2D eigenvalue weighted by molar-refractivity contribution is 0.233. The quantitative estimate of drug-likeness (QED) is 0.868. The first kappa shape index (κ1) is 12.6. The molecule has 1 aromatic rings. The van der Waals surface area contributed by atoms with E-state index in [0.717, 1.165) is 36.4 Å². The largest absolute Gasteiger partial charge is 0.497 e. The number of benzene rings is 1. The molecule has 1 aliphatic carbocycles. The summed E-state index contributed by atoms with van der Waals surface area (Å²) >= 11 is 0. The summed E-state index contributed by atoms with van der Waals surface area (Å²) in [4.78, 5) is 0. The first-order valence-corrected chi connectivity index (χ1v) is 6.10. The number of hydrogen-bond donors (Lipinski definition) is 1. The molecule has 1 aliphatic rings. The van der Waals surface area contributed by atoms with Crippen LogP contribution in [0.1, 0.15) is 19.3 Å². The van der Waals surface area contributed by atoms with Gasteiger partial charge in [0.15, 0.2) is 0 Å². The van der Waals surface area contributed by atoms with Gasteiger partial charge >= 0.3 is 0 Å². The van der Waals surface area contributed by atoms with Crippen molar-refractivity contribution in [1.82, 2.24) is 0 Å². The van der Waals surface area contributed by atoms with Gasteiger partial charge in [-0.1, -0.05) is 6.42 Å². The van der Waals surface area contributed by atoms with Crippen molar-refractivity contribution in [2.75, 3.05) is 26.1 Å². The van der Waals surface area contributed by atoms with Crippen LogP contribution in [-0.2, 0) is 0 Å². The highest BCUT2D eigenvalue weighted by atomic mass is 16.5. The lowest BCUT2D eigenvalue weighted by Gasteiger charge is -2.35. The molecule has 0 aromatic heterocycles. The predicted octanol–water partition coefficient (Wildman–Crippen LogP) is 2.81. The number of anilines is 1. The topological polar surface area (TPSA) is 54.3 Å². The Morgan fingerprint density at radius 3 is 2.61 bits per heavy atom. The molecule has 0 amide bonds. The highest BCUT2D eigenvalue weighted by Crippen LogP contribution is 2.41. The third-order valence-corrected chi connectivity index (χ3v) is 3.57. The summed E-state index contributed by atoms with van der Waals surface area (Å²) < 4.78 is 10.5. The Hall–Kier alpha value is -1.89. The summed E-state index contributed by atoms with van der Waals surface area (Å²) in [5, 5.41) is 12.5. The summed E-state index contributed by atoms with van der Waals surface area (Å²) in [6.07, 6.45) is 3.09. The Kier molecular flexibility index (Phi) is 3.61. The van der Waals surface area contributed by atoms with Crippen molar-refractivity contribution in [2.45, 2.75) is 19.3 Å². The second kappa shape index (κ2) is 5.18. The minimum absolute atomic E-state index is 0.200. The Balaban J connectivity index is 2.10. The summed E-state index contributed by atoms with van der Waals surface area (Å²) in [6, 6.07) is 8.02. The zero-order valence-electron chi connectivity index (χ0n) is 10.8. The average Bonchev–Trinajstić information content (AvgIpc) is 2.37. The van der Waals surface area contributed by atoms with Crippen molar-refractivity contribution < 1.29 is 9.47 Å². The number of nitriles is 1. The highest BCUT2D eigenvalue weighted by Gasteiger charge is 2.37. The van der Waals surface area contributed by atoms with Gasteiger partial charge < -0.3 is 14.8 Å². The van der Waals surface area contributed by atoms with Crippen LogP contribution < -0.4 is 14.8 Å². The van der Waals surface area contributed by atoms with Gasteiger partial charge in [0.2, 0.25) is 0 Å². The molecule has 4 nitrogen and oxygen atoms in total. The summed E-state index contributed by atoms with van der Waals surface area (Å²) in [5.74, 6) is 1.54. The van der Waals surface area contributed by atoms with E-state index in [0.29, 0.717) is 6.54 Å². The van der Waals surface area contributed by atoms with Gasteiger partial charge in [0, 0.05) is 12.6 Å². The van der Waals surface area contributed by atoms with Gasteiger partial charge in [-0.15, -0.1) is 0 Å². The number of rotatable bonds is 5. The van der Waals surface area contributed by atoms with Gasteiger partial charge in [-0.25, -0.2) is 0 Å². The highest BCUT2D eigenvalue weighted by molar-refractivity contribution is 5.60. The summed E-state index contributed by atoms with van der Waals surface area (Å²) in [7, 11) is 3.27. The van der Waals surface area contributed by atoms with Crippen LogP contribution in [0.4, 0.5) is 5.69 Å². The van der Waals surface area contributed by atoms with Crippen LogP contribution in [-0.4, -0.2) is 20.8 Å². The lowest BCUT2D eigenvalue weighted by Crippen LogP contribution is -2.35. The standard InChI is InChI=1S/C14H18N2O2/c1-17-11-4-5-13(18-2)12(8-11)16-10-14(9-15)6-3-7-14/h4-5,8,16H,3,6-7,10H2,1-2H3. The van der Waals surface area contributed by atoms with Crippen LogP contribution in [0, 0.1) is 16.7 Å². The van der Waals surface area contributed by atoms with Crippen LogP contribution in [0.3, 0.4) is 0 Å². The van der Waals surface area contributed by atoms with Crippen LogP contribution in [0.2, 0.25) is 0 Å². The number of hydrogen-bond acceptors (Lipinski definition) is 4. The normalized spacial score (nSPS) is 16.3. The molecule has 0 atom stereocenters. The molecule has 2 rings (SSSR count). The predicted molar refractivity (Wildman–Crippen MR) is 69.9 cm³/mol. The fraction of sp³-hybridized carbons (Fsp3) is 0.500. The maximum absolute atomic E-state index is 9.20. The van der Waals surface area contributed by atoms with Gasteiger partial charge in [-0.05, 0) is 25.0 Å². The van der Waals surface area contributed by atoms with Crippen LogP contribution in [0.5, 0.6) is 11.5 Å². The maximum atomic E-state index is 9.20. The molecular weight excluding hydrogens is 228 g/mol. The van der Waals surface area contributed by atoms with Gasteiger partial charge in [0.1, 0.15) is 11.5 Å². The first-order chi connectivity index (χ1) is 8.73. The average molecular weight is 246 g/mol. The molecule has 1 fully saturated rings. The fourth-order valence-corrected chi connectivity index (χ4v) is 2.15. The number of ether oxygens (including phenoxy) is 2. The molecule has 18 heavy (non-hydrogen) atoms. The van der Waals surface area contributed by atoms with Crippen LogP contribution in [0.15, 0.2) is 18.2 Å². The lowest BCUT2D eigenvalue weighted by atomic mass is 9.70. The Labute approximate surface area is 108 Å². The Morgan fingerprint density at radius 1 is 1.33 bits per heavy atom. The number of nitrogens with one attached hydrogen (secondary N) is 1. The first-order valence-electron chi connectivity index (χ1n) is 6.10. The van der Waals surface area contributed by atoms with E-state index < -0.39 is 0 Å². The second-order valence-corrected chi connectivity index (χ2v) is 4.67. The Bertz CT molecular complexity index is 461. The summed E-state index contributed by atoms with van der Waals surface area (Å²) in [6.45, 7) is 0.660. The third-order valence-electron chi connectivity index (χ3n) is 3.57. The van der Waals surface area contributed by atoms with E-state index in [9.17, 15) is 5.26 Å². The van der Waals surface area contributed by atoms with Crippen molar-refractivity contribution in [3.8, 4) is 17.6 Å². The molecule has 0 heterocycles. The van der Waals surface area contributed by atoms with Gasteiger partial charge in [-0.2, -0.15) is 5.26 Å². The van der Waals surface area contributed by atoms with Gasteiger partial charge in [0.25, 0.3) is 0 Å². The summed E-state index contributed by atoms with van der Waals surface area (Å²) in [5.41, 5.74) is 0.673. The molecule has 0 spiro atoms. The third kappa shape index (κ3) is 2.35. The Morgan fingerprint density at radius 2 is 2.11 bits per heavy atom. The van der Waals surface area contributed by atoms with Crippen molar-refractivity contribution >= 4 is 5.69 Å². The molecule has 0 bridgehead atoms. The second-order valence-electron chi connectivity index (χ2n) is 4.67. The minimum Gasteiger partial charge on any atom is -0.497 e. The molecule has 1 saturated carbocycles. The number of nitrogens with zero attached hydrogens (tertiary/aromatic N) is 1. The zero-order chi connectivity index (χ0) is 13.0. The molecule has 4 heteroatoms. The molecule has 1 aromatic carbocycles. The van der Waals surface area contributed by atoms with Crippen molar-refractivity contribution in [3.63, 3.8) is 0 Å². The van der Waals surface area contributed by atoms with Crippen molar-refractivity contribution in [2.24, 2.45) is 5.41 Å². The van der Waals surface area contributed by atoms with E-state index >= 15 is 0 Å². The van der Waals surface area contributed by atoms with Crippen molar-refractivity contribution in [3.05, 3.63) is 18.2 Å². The van der Waals surface area contributed by atoms with Gasteiger partial charge in [-0.3, -0.25) is 0 Å². The van der Waals surface area contributed by atoms with E-state index in [2.05, 4.69) is 11.4 Å².